The summed E-state index contributed by atoms with van der Waals surface area (Å²) in [5, 5.41) is 4.47. The van der Waals surface area contributed by atoms with Crippen LogP contribution in [0.4, 0.5) is 0 Å². The molecule has 1 amide bonds. The first-order valence-electron chi connectivity index (χ1n) is 6.37. The summed E-state index contributed by atoms with van der Waals surface area (Å²) in [4.78, 5) is 17.9. The molecule has 1 aliphatic heterocycles. The van der Waals surface area contributed by atoms with Crippen molar-refractivity contribution in [1.82, 2.24) is 19.7 Å². The van der Waals surface area contributed by atoms with Gasteiger partial charge in [0.1, 0.15) is 0 Å². The van der Waals surface area contributed by atoms with Crippen molar-refractivity contribution in [2.45, 2.75) is 19.9 Å². The van der Waals surface area contributed by atoms with E-state index in [1.807, 2.05) is 23.4 Å². The fraction of sp³-hybridized carbons (Fsp3) is 0.357. The van der Waals surface area contributed by atoms with E-state index < -0.39 is 0 Å². The summed E-state index contributed by atoms with van der Waals surface area (Å²) >= 11 is 0. The van der Waals surface area contributed by atoms with Crippen molar-refractivity contribution in [2.24, 2.45) is 0 Å². The van der Waals surface area contributed by atoms with Crippen LogP contribution in [0.3, 0.4) is 0 Å². The molecule has 3 heterocycles. The minimum Gasteiger partial charge on any atom is -0.334 e. The predicted molar refractivity (Wildman–Crippen MR) is 70.9 cm³/mol. The van der Waals surface area contributed by atoms with Crippen LogP contribution < -0.4 is 0 Å². The van der Waals surface area contributed by atoms with Crippen LogP contribution in [0.2, 0.25) is 0 Å². The van der Waals surface area contributed by atoms with E-state index >= 15 is 0 Å². The molecule has 0 unspecified atom stereocenters. The normalized spacial score (nSPS) is 15.4. The van der Waals surface area contributed by atoms with E-state index in [1.165, 1.54) is 0 Å². The Labute approximate surface area is 111 Å². The van der Waals surface area contributed by atoms with Gasteiger partial charge in [0.05, 0.1) is 11.7 Å². The Balaban J connectivity index is 1.67. The topological polar surface area (TPSA) is 51.0 Å². The lowest BCUT2D eigenvalue weighted by Crippen LogP contribution is -2.51. The Morgan fingerprint density at radius 3 is 2.53 bits per heavy atom. The number of rotatable bonds is 2. The van der Waals surface area contributed by atoms with Crippen LogP contribution in [-0.2, 0) is 0 Å². The number of hydrogen-bond donors (Lipinski definition) is 0. The summed E-state index contributed by atoms with van der Waals surface area (Å²) < 4.78 is 2.02. The molecule has 0 bridgehead atoms. The van der Waals surface area contributed by atoms with E-state index in [4.69, 9.17) is 0 Å². The number of aryl methyl sites for hydroxylation is 2. The Hall–Kier alpha value is -2.17. The molecule has 0 saturated carbocycles. The summed E-state index contributed by atoms with van der Waals surface area (Å²) in [5.74, 6) is 0.0696. The van der Waals surface area contributed by atoms with Crippen LogP contribution in [0.1, 0.15) is 27.8 Å². The highest BCUT2D eigenvalue weighted by molar-refractivity contribution is 5.94. The van der Waals surface area contributed by atoms with E-state index in [0.717, 1.165) is 24.5 Å². The van der Waals surface area contributed by atoms with Crippen molar-refractivity contribution in [2.75, 3.05) is 13.1 Å². The van der Waals surface area contributed by atoms with Crippen molar-refractivity contribution in [1.29, 1.82) is 0 Å². The summed E-state index contributed by atoms with van der Waals surface area (Å²) in [6.45, 7) is 5.49. The molecule has 0 atom stereocenters. The van der Waals surface area contributed by atoms with Crippen molar-refractivity contribution in [3.8, 4) is 0 Å². The van der Waals surface area contributed by atoms with E-state index in [-0.39, 0.29) is 5.91 Å². The van der Waals surface area contributed by atoms with E-state index in [1.54, 1.807) is 24.5 Å². The SMILES string of the molecule is Cc1cc(C)n(C2CN(C(=O)c3ccncc3)C2)n1. The largest absolute Gasteiger partial charge is 0.334 e. The monoisotopic (exact) mass is 256 g/mol. The number of aromatic nitrogens is 3. The molecular formula is C14H16N4O. The number of amides is 1. The van der Waals surface area contributed by atoms with Gasteiger partial charge >= 0.3 is 0 Å². The fourth-order valence-corrected chi connectivity index (χ4v) is 2.47. The van der Waals surface area contributed by atoms with Gasteiger partial charge in [-0.3, -0.25) is 14.5 Å². The minimum absolute atomic E-state index is 0.0696. The average Bonchev–Trinajstić information content (AvgIpc) is 2.68. The Morgan fingerprint density at radius 2 is 1.95 bits per heavy atom. The van der Waals surface area contributed by atoms with E-state index in [2.05, 4.69) is 16.1 Å². The molecule has 0 aliphatic carbocycles. The van der Waals surface area contributed by atoms with Gasteiger partial charge in [0.25, 0.3) is 5.91 Å². The molecule has 19 heavy (non-hydrogen) atoms. The molecule has 3 rings (SSSR count). The molecule has 2 aromatic heterocycles. The van der Waals surface area contributed by atoms with Crippen LogP contribution in [-0.4, -0.2) is 38.7 Å². The molecule has 0 aromatic carbocycles. The maximum Gasteiger partial charge on any atom is 0.254 e. The molecular weight excluding hydrogens is 240 g/mol. The lowest BCUT2D eigenvalue weighted by Gasteiger charge is -2.39. The van der Waals surface area contributed by atoms with Gasteiger partial charge in [-0.2, -0.15) is 5.10 Å². The van der Waals surface area contributed by atoms with Crippen LogP contribution in [0.15, 0.2) is 30.6 Å². The average molecular weight is 256 g/mol. The Bertz CT molecular complexity index is 599. The fourth-order valence-electron chi connectivity index (χ4n) is 2.47. The van der Waals surface area contributed by atoms with Crippen LogP contribution in [0, 0.1) is 13.8 Å². The summed E-state index contributed by atoms with van der Waals surface area (Å²) in [5.41, 5.74) is 2.87. The standard InChI is InChI=1S/C14H16N4O/c1-10-7-11(2)18(16-10)13-8-17(9-13)14(19)12-3-5-15-6-4-12/h3-7,13H,8-9H2,1-2H3. The zero-order valence-corrected chi connectivity index (χ0v) is 11.1. The van der Waals surface area contributed by atoms with Gasteiger partial charge < -0.3 is 4.90 Å². The smallest absolute Gasteiger partial charge is 0.254 e. The second kappa shape index (κ2) is 4.50. The second-order valence-corrected chi connectivity index (χ2v) is 4.97. The van der Waals surface area contributed by atoms with Gasteiger partial charge in [-0.25, -0.2) is 0 Å². The quantitative estimate of drug-likeness (QED) is 0.820. The van der Waals surface area contributed by atoms with E-state index in [0.29, 0.717) is 11.6 Å². The molecule has 0 spiro atoms. The highest BCUT2D eigenvalue weighted by Crippen LogP contribution is 2.24. The summed E-state index contributed by atoms with van der Waals surface area (Å²) in [6, 6.07) is 5.87. The molecule has 1 aliphatic rings. The molecule has 5 nitrogen and oxygen atoms in total. The van der Waals surface area contributed by atoms with Gasteiger partial charge in [-0.05, 0) is 32.0 Å². The molecule has 0 radical (unpaired) electrons. The van der Waals surface area contributed by atoms with Gasteiger partial charge in [0, 0.05) is 36.7 Å². The maximum absolute atomic E-state index is 12.2. The van der Waals surface area contributed by atoms with Crippen molar-refractivity contribution in [3.05, 3.63) is 47.5 Å². The zero-order valence-electron chi connectivity index (χ0n) is 11.1. The number of carbonyl (C=O) groups excluding carboxylic acids is 1. The van der Waals surface area contributed by atoms with Gasteiger partial charge in [-0.15, -0.1) is 0 Å². The molecule has 2 aromatic rings. The molecule has 5 heteroatoms. The third kappa shape index (κ3) is 2.12. The maximum atomic E-state index is 12.2. The summed E-state index contributed by atoms with van der Waals surface area (Å²) in [7, 11) is 0. The first kappa shape index (κ1) is 11.9. The van der Waals surface area contributed by atoms with Crippen LogP contribution in [0.5, 0.6) is 0 Å². The molecule has 0 N–H and O–H groups in total. The van der Waals surface area contributed by atoms with Gasteiger partial charge in [0.15, 0.2) is 0 Å². The number of hydrogen-bond acceptors (Lipinski definition) is 3. The molecule has 1 saturated heterocycles. The summed E-state index contributed by atoms with van der Waals surface area (Å²) in [6.07, 6.45) is 3.29. The number of carbonyl (C=O) groups is 1. The van der Waals surface area contributed by atoms with E-state index in [9.17, 15) is 4.79 Å². The number of likely N-dealkylation sites (tertiary alicyclic amines) is 1. The van der Waals surface area contributed by atoms with Crippen molar-refractivity contribution in [3.63, 3.8) is 0 Å². The number of nitrogens with zero attached hydrogens (tertiary/aromatic N) is 4. The zero-order chi connectivity index (χ0) is 13.4. The highest BCUT2D eigenvalue weighted by atomic mass is 16.2. The van der Waals surface area contributed by atoms with Crippen molar-refractivity contribution < 1.29 is 4.79 Å². The highest BCUT2D eigenvalue weighted by Gasteiger charge is 2.33. The third-order valence-corrected chi connectivity index (χ3v) is 3.47. The van der Waals surface area contributed by atoms with Gasteiger partial charge in [-0.1, -0.05) is 0 Å². The van der Waals surface area contributed by atoms with Crippen LogP contribution >= 0.6 is 0 Å². The van der Waals surface area contributed by atoms with Gasteiger partial charge in [0.2, 0.25) is 0 Å². The molecule has 98 valence electrons. The Kier molecular flexibility index (Phi) is 2.81. The first-order valence-corrected chi connectivity index (χ1v) is 6.37. The third-order valence-electron chi connectivity index (χ3n) is 3.47. The second-order valence-electron chi connectivity index (χ2n) is 4.97. The molecule has 1 fully saturated rings. The predicted octanol–water partition coefficient (Wildman–Crippen LogP) is 1.59. The van der Waals surface area contributed by atoms with Crippen LogP contribution in [0.25, 0.3) is 0 Å². The minimum atomic E-state index is 0.0696. The van der Waals surface area contributed by atoms with Crippen molar-refractivity contribution >= 4 is 5.91 Å². The number of pyridine rings is 1. The first-order chi connectivity index (χ1) is 9.15. The lowest BCUT2D eigenvalue weighted by molar-refractivity contribution is 0.0497. The Morgan fingerprint density at radius 1 is 1.26 bits per heavy atom. The lowest BCUT2D eigenvalue weighted by atomic mass is 10.1.